The molecule has 2 heterocycles. The molecule has 1 amide bonds. The van der Waals surface area contributed by atoms with Gasteiger partial charge in [-0.3, -0.25) is 4.79 Å². The van der Waals surface area contributed by atoms with Crippen LogP contribution in [0.2, 0.25) is 0 Å². The molecule has 0 saturated carbocycles. The second-order valence-corrected chi connectivity index (χ2v) is 10.9. The van der Waals surface area contributed by atoms with Crippen molar-refractivity contribution in [1.82, 2.24) is 20.2 Å². The largest absolute Gasteiger partial charge is 0.492 e. The van der Waals surface area contributed by atoms with E-state index in [-0.39, 0.29) is 18.6 Å². The highest BCUT2D eigenvalue weighted by molar-refractivity contribution is 5.97. The van der Waals surface area contributed by atoms with Gasteiger partial charge in [0.25, 0.3) is 5.91 Å². The molecule has 1 aliphatic heterocycles. The summed E-state index contributed by atoms with van der Waals surface area (Å²) in [5.41, 5.74) is 8.30. The van der Waals surface area contributed by atoms with Crippen molar-refractivity contribution in [3.63, 3.8) is 0 Å². The molecule has 43 heavy (non-hydrogen) atoms. The highest BCUT2D eigenvalue weighted by Gasteiger charge is 2.27. The normalized spacial score (nSPS) is 14.9. The van der Waals surface area contributed by atoms with Crippen LogP contribution in [0.1, 0.15) is 56.8 Å². The maximum Gasteiger partial charge on any atom is 0.255 e. The number of aliphatic hydroxyl groups is 1. The lowest BCUT2D eigenvalue weighted by molar-refractivity contribution is 0.0910. The number of nitrogens with one attached hydrogen (secondary N) is 2. The number of aromatic nitrogens is 2. The zero-order valence-electron chi connectivity index (χ0n) is 24.2. The van der Waals surface area contributed by atoms with Crippen molar-refractivity contribution in [2.75, 3.05) is 13.2 Å². The fraction of sp³-hybridized carbons (Fsp3) is 0.222. The van der Waals surface area contributed by atoms with E-state index in [1.807, 2.05) is 55.0 Å². The van der Waals surface area contributed by atoms with Crippen molar-refractivity contribution in [3.8, 4) is 16.9 Å². The van der Waals surface area contributed by atoms with E-state index >= 15 is 0 Å². The number of rotatable bonds is 10. The number of hydrogen-bond donors (Lipinski definition) is 3. The number of amides is 1. The minimum Gasteiger partial charge on any atom is -0.492 e. The fourth-order valence-electron chi connectivity index (χ4n) is 5.72. The molecule has 0 spiro atoms. The van der Waals surface area contributed by atoms with Gasteiger partial charge in [0.2, 0.25) is 0 Å². The number of fused-ring (bicyclic) bond motifs is 1. The topological polar surface area (TPSA) is 88.4 Å². The molecule has 7 heteroatoms. The zero-order chi connectivity index (χ0) is 29.6. The third-order valence-corrected chi connectivity index (χ3v) is 8.10. The number of para-hydroxylation sites is 1. The van der Waals surface area contributed by atoms with E-state index in [1.54, 1.807) is 6.07 Å². The van der Waals surface area contributed by atoms with Crippen molar-refractivity contribution in [2.45, 2.75) is 38.5 Å². The lowest BCUT2D eigenvalue weighted by Gasteiger charge is -2.28. The van der Waals surface area contributed by atoms with Crippen LogP contribution >= 0.6 is 0 Å². The first-order chi connectivity index (χ1) is 21.1. The van der Waals surface area contributed by atoms with Gasteiger partial charge in [-0.15, -0.1) is 0 Å². The lowest BCUT2D eigenvalue weighted by atomic mass is 9.96. The van der Waals surface area contributed by atoms with Gasteiger partial charge in [0.05, 0.1) is 36.8 Å². The molecule has 5 aromatic rings. The van der Waals surface area contributed by atoms with Crippen LogP contribution < -0.4 is 15.4 Å². The number of hydrogen-bond acceptors (Lipinski definition) is 5. The zero-order valence-corrected chi connectivity index (χ0v) is 24.2. The highest BCUT2D eigenvalue weighted by atomic mass is 16.5. The van der Waals surface area contributed by atoms with Crippen LogP contribution in [0.5, 0.6) is 5.75 Å². The predicted octanol–water partition coefficient (Wildman–Crippen LogP) is 5.98. The van der Waals surface area contributed by atoms with Crippen LogP contribution in [0.3, 0.4) is 0 Å². The molecule has 1 aromatic heterocycles. The summed E-state index contributed by atoms with van der Waals surface area (Å²) in [5, 5.41) is 16.6. The van der Waals surface area contributed by atoms with Gasteiger partial charge in [0.1, 0.15) is 5.75 Å². The molecular formula is C36H36N4O3. The van der Waals surface area contributed by atoms with Gasteiger partial charge in [-0.05, 0) is 40.8 Å². The summed E-state index contributed by atoms with van der Waals surface area (Å²) in [5.74, 6) is 0.322. The van der Waals surface area contributed by atoms with Gasteiger partial charge < -0.3 is 25.0 Å². The third-order valence-electron chi connectivity index (χ3n) is 8.10. The Morgan fingerprint density at radius 1 is 1.00 bits per heavy atom. The van der Waals surface area contributed by atoms with Crippen LogP contribution in [-0.4, -0.2) is 33.8 Å². The van der Waals surface area contributed by atoms with Crippen molar-refractivity contribution in [3.05, 3.63) is 143 Å². The number of imidazole rings is 1. The van der Waals surface area contributed by atoms with Crippen molar-refractivity contribution in [1.29, 1.82) is 0 Å². The third kappa shape index (κ3) is 6.38. The van der Waals surface area contributed by atoms with Crippen LogP contribution in [0.25, 0.3) is 11.1 Å². The Labute approximate surface area is 252 Å². The van der Waals surface area contributed by atoms with Gasteiger partial charge in [0.15, 0.2) is 0 Å². The molecule has 218 valence electrons. The van der Waals surface area contributed by atoms with E-state index in [1.165, 1.54) is 22.3 Å². The summed E-state index contributed by atoms with van der Waals surface area (Å²) in [6.45, 7) is 3.80. The van der Waals surface area contributed by atoms with Crippen molar-refractivity contribution < 1.29 is 14.6 Å². The Hall–Kier alpha value is -4.72. The first kappa shape index (κ1) is 28.4. The van der Waals surface area contributed by atoms with Gasteiger partial charge >= 0.3 is 0 Å². The molecule has 2 unspecified atom stereocenters. The molecular weight excluding hydrogens is 536 g/mol. The Bertz CT molecular complexity index is 1680. The molecule has 0 bridgehead atoms. The number of nitrogens with zero attached hydrogens (tertiary/aromatic N) is 2. The molecule has 0 aliphatic carbocycles. The molecule has 7 nitrogen and oxygen atoms in total. The average molecular weight is 573 g/mol. The number of benzene rings is 4. The first-order valence-corrected chi connectivity index (χ1v) is 14.7. The number of aliphatic hydroxyl groups excluding tert-OH is 1. The van der Waals surface area contributed by atoms with E-state index in [9.17, 15) is 9.90 Å². The summed E-state index contributed by atoms with van der Waals surface area (Å²) in [6.07, 6.45) is 4.56. The number of aryl methyl sites for hydroxylation is 1. The maximum atomic E-state index is 13.3. The molecule has 2 atom stereocenters. The Morgan fingerprint density at radius 3 is 2.58 bits per heavy atom. The molecule has 0 fully saturated rings. The quantitative estimate of drug-likeness (QED) is 0.192. The number of ether oxygens (including phenoxy) is 1. The van der Waals surface area contributed by atoms with Crippen LogP contribution in [0.15, 0.2) is 110 Å². The lowest BCUT2D eigenvalue weighted by Crippen LogP contribution is -2.33. The molecule has 0 saturated heterocycles. The van der Waals surface area contributed by atoms with E-state index in [0.717, 1.165) is 29.8 Å². The maximum absolute atomic E-state index is 13.3. The van der Waals surface area contributed by atoms with E-state index in [2.05, 4.69) is 75.6 Å². The second kappa shape index (κ2) is 13.1. The standard InChI is InChI=1S/C36H36N4O3/c1-25-8-5-6-11-30(25)27-16-14-26(15-17-27)22-40-24-37-20-29(40)21-38-33-18-19-43-35-31(33)12-7-13-32(35)36(42)39-34(23-41)28-9-3-2-4-10-28/h2-17,20,24,33-34,38,41H,18-19,21-23H2,1H3,(H,39,42). The summed E-state index contributed by atoms with van der Waals surface area (Å²) >= 11 is 0. The SMILES string of the molecule is Cc1ccccc1-c1ccc(Cn2cncc2CNC2CCOc3c(C(=O)NC(CO)c4ccccc4)cccc32)cc1. The minimum absolute atomic E-state index is 0.0241. The summed E-state index contributed by atoms with van der Waals surface area (Å²) in [7, 11) is 0. The first-order valence-electron chi connectivity index (χ1n) is 14.7. The molecule has 1 aliphatic rings. The molecule has 3 N–H and O–H groups in total. The van der Waals surface area contributed by atoms with Crippen LogP contribution in [-0.2, 0) is 13.1 Å². The van der Waals surface area contributed by atoms with Crippen LogP contribution in [0, 0.1) is 6.92 Å². The fourth-order valence-corrected chi connectivity index (χ4v) is 5.72. The summed E-state index contributed by atoms with van der Waals surface area (Å²) in [6, 6.07) is 31.8. The van der Waals surface area contributed by atoms with Crippen molar-refractivity contribution in [2.24, 2.45) is 0 Å². The van der Waals surface area contributed by atoms with E-state index in [0.29, 0.717) is 24.5 Å². The number of carbonyl (C=O) groups is 1. The van der Waals surface area contributed by atoms with E-state index < -0.39 is 6.04 Å². The minimum atomic E-state index is -0.499. The van der Waals surface area contributed by atoms with E-state index in [4.69, 9.17) is 4.74 Å². The predicted molar refractivity (Wildman–Crippen MR) is 168 cm³/mol. The van der Waals surface area contributed by atoms with Gasteiger partial charge in [-0.2, -0.15) is 0 Å². The highest BCUT2D eigenvalue weighted by Crippen LogP contribution is 2.35. The van der Waals surface area contributed by atoms with Gasteiger partial charge in [-0.1, -0.05) is 91.0 Å². The van der Waals surface area contributed by atoms with Gasteiger partial charge in [0, 0.05) is 37.3 Å². The second-order valence-electron chi connectivity index (χ2n) is 10.9. The Kier molecular flexibility index (Phi) is 8.63. The Balaban J connectivity index is 1.13. The molecule has 0 radical (unpaired) electrons. The van der Waals surface area contributed by atoms with Crippen LogP contribution in [0.4, 0.5) is 0 Å². The smallest absolute Gasteiger partial charge is 0.255 e. The molecule has 6 rings (SSSR count). The monoisotopic (exact) mass is 572 g/mol. The Morgan fingerprint density at radius 2 is 1.79 bits per heavy atom. The summed E-state index contributed by atoms with van der Waals surface area (Å²) in [4.78, 5) is 17.7. The number of carbonyl (C=O) groups excluding carboxylic acids is 1. The van der Waals surface area contributed by atoms with Gasteiger partial charge in [-0.25, -0.2) is 4.98 Å². The van der Waals surface area contributed by atoms with Crippen molar-refractivity contribution >= 4 is 5.91 Å². The average Bonchev–Trinajstić information content (AvgIpc) is 3.50. The molecule has 4 aromatic carbocycles. The summed E-state index contributed by atoms with van der Waals surface area (Å²) < 4.78 is 8.20.